The lowest BCUT2D eigenvalue weighted by atomic mass is 9.71. The molecule has 1 saturated carbocycles. The van der Waals surface area contributed by atoms with E-state index in [4.69, 9.17) is 10.7 Å². The van der Waals surface area contributed by atoms with Crippen LogP contribution in [0.5, 0.6) is 0 Å². The van der Waals surface area contributed by atoms with Crippen molar-refractivity contribution in [1.29, 1.82) is 0 Å². The van der Waals surface area contributed by atoms with Crippen molar-refractivity contribution >= 4 is 40.0 Å². The molecule has 49 heavy (non-hydrogen) atoms. The zero-order valence-corrected chi connectivity index (χ0v) is 28.6. The van der Waals surface area contributed by atoms with Gasteiger partial charge in [0.2, 0.25) is 17.8 Å². The molecule has 1 aliphatic carbocycles. The number of halogens is 3. The second-order valence-electron chi connectivity index (χ2n) is 14.8. The van der Waals surface area contributed by atoms with Gasteiger partial charge in [0, 0.05) is 28.7 Å². The lowest BCUT2D eigenvalue weighted by molar-refractivity contribution is -0.123. The van der Waals surface area contributed by atoms with Gasteiger partial charge in [-0.2, -0.15) is 4.39 Å². The highest BCUT2D eigenvalue weighted by molar-refractivity contribution is 6.08. The number of anilines is 3. The summed E-state index contributed by atoms with van der Waals surface area (Å²) in [5.74, 6) is -4.26. The highest BCUT2D eigenvalue weighted by Crippen LogP contribution is 2.50. The monoisotopic (exact) mass is 674 g/mol. The number of nitrogens with two attached hydrogens (primary N) is 1. The SMILES string of the molecule is Cc1c(C(N)=O)cc(Nc2nc(-c3cc4c(nc3F)C(C)(C)C(=O)N4C3CC(C)(N4CCCCC4)C3)cc3ncn(C(C)C)c23)c(F)c1F. The first-order valence-electron chi connectivity index (χ1n) is 16.9. The van der Waals surface area contributed by atoms with E-state index in [2.05, 4.69) is 27.1 Å². The van der Waals surface area contributed by atoms with Crippen LogP contribution in [0, 0.1) is 24.5 Å². The number of aromatic nitrogens is 4. The normalized spacial score (nSPS) is 22.1. The number of nitrogens with one attached hydrogen (secondary N) is 1. The maximum Gasteiger partial charge on any atom is 0.249 e. The highest BCUT2D eigenvalue weighted by atomic mass is 19.2. The van der Waals surface area contributed by atoms with E-state index in [-0.39, 0.29) is 57.4 Å². The molecule has 1 aromatic carbocycles. The number of pyridine rings is 2. The number of nitrogens with zero attached hydrogens (tertiary/aromatic N) is 6. The fourth-order valence-electron chi connectivity index (χ4n) is 7.88. The fourth-order valence-corrected chi connectivity index (χ4v) is 7.88. The number of piperidine rings is 1. The quantitative estimate of drug-likeness (QED) is 0.210. The minimum atomic E-state index is -1.22. The van der Waals surface area contributed by atoms with Crippen LogP contribution >= 0.6 is 0 Å². The fraction of sp³-hybridized carbons (Fsp3) is 0.472. The summed E-state index contributed by atoms with van der Waals surface area (Å²) >= 11 is 0. The number of fused-ring (bicyclic) bond motifs is 2. The maximum atomic E-state index is 16.1. The van der Waals surface area contributed by atoms with Gasteiger partial charge in [0.05, 0.1) is 45.6 Å². The van der Waals surface area contributed by atoms with Crippen LogP contribution in [0.15, 0.2) is 24.5 Å². The Kier molecular flexibility index (Phi) is 7.77. The van der Waals surface area contributed by atoms with Gasteiger partial charge in [-0.1, -0.05) is 6.42 Å². The zero-order valence-electron chi connectivity index (χ0n) is 28.6. The number of likely N-dealkylation sites (tertiary alicyclic amines) is 1. The number of amides is 2. The average molecular weight is 675 g/mol. The summed E-state index contributed by atoms with van der Waals surface area (Å²) in [7, 11) is 0. The van der Waals surface area contributed by atoms with E-state index in [9.17, 15) is 14.0 Å². The van der Waals surface area contributed by atoms with Crippen LogP contribution in [-0.2, 0) is 10.2 Å². The number of rotatable bonds is 7. The predicted octanol–water partition coefficient (Wildman–Crippen LogP) is 6.67. The van der Waals surface area contributed by atoms with E-state index in [1.165, 1.54) is 26.2 Å². The third-order valence-corrected chi connectivity index (χ3v) is 10.8. The Morgan fingerprint density at radius 2 is 1.71 bits per heavy atom. The molecule has 10 nitrogen and oxygen atoms in total. The topological polar surface area (TPSA) is 122 Å². The second-order valence-corrected chi connectivity index (χ2v) is 14.8. The summed E-state index contributed by atoms with van der Waals surface area (Å²) < 4.78 is 48.1. The number of benzene rings is 1. The molecule has 2 amide bonds. The lowest BCUT2D eigenvalue weighted by Crippen LogP contribution is -2.64. The van der Waals surface area contributed by atoms with Crippen LogP contribution < -0.4 is 16.0 Å². The molecule has 2 fully saturated rings. The molecule has 13 heteroatoms. The first-order valence-corrected chi connectivity index (χ1v) is 16.9. The summed E-state index contributed by atoms with van der Waals surface area (Å²) in [6.45, 7) is 13.0. The molecule has 2 aliphatic heterocycles. The molecule has 258 valence electrons. The molecule has 0 radical (unpaired) electrons. The number of carbonyl (C=O) groups excluding carboxylic acids is 2. The average Bonchev–Trinajstić information content (AvgIpc) is 3.56. The standard InChI is InChI=1S/C36H41F3N8O2/c1-18(2)46-17-41-25-14-23(42-33(29(25)46)43-24-12-21(32(40)48)19(3)27(37)28(24)38)22-13-26-30(44-31(22)39)35(4,5)34(49)47(26)20-15-36(6,16-20)45-10-8-7-9-11-45/h12-14,17-18,20H,7-11,15-16H2,1-6H3,(H2,40,48)(H,42,43). The Labute approximate surface area is 282 Å². The Hall–Kier alpha value is -4.52. The van der Waals surface area contributed by atoms with Crippen molar-refractivity contribution in [3.8, 4) is 11.3 Å². The van der Waals surface area contributed by atoms with E-state index in [0.717, 1.165) is 32.0 Å². The van der Waals surface area contributed by atoms with Gasteiger partial charge in [-0.15, -0.1) is 0 Å². The van der Waals surface area contributed by atoms with Crippen LogP contribution in [0.2, 0.25) is 0 Å². The molecule has 0 atom stereocenters. The van der Waals surface area contributed by atoms with E-state index in [1.54, 1.807) is 41.8 Å². The number of hydrogen-bond acceptors (Lipinski definition) is 7. The maximum absolute atomic E-state index is 16.1. The predicted molar refractivity (Wildman–Crippen MR) is 181 cm³/mol. The van der Waals surface area contributed by atoms with E-state index >= 15 is 8.78 Å². The molecule has 0 spiro atoms. The van der Waals surface area contributed by atoms with Crippen LogP contribution in [0.4, 0.5) is 30.4 Å². The van der Waals surface area contributed by atoms with E-state index < -0.39 is 28.9 Å². The second kappa shape index (κ2) is 11.5. The Morgan fingerprint density at radius 1 is 1.02 bits per heavy atom. The van der Waals surface area contributed by atoms with Crippen molar-refractivity contribution in [3.63, 3.8) is 0 Å². The third-order valence-electron chi connectivity index (χ3n) is 10.8. The molecule has 3 aliphatic rings. The van der Waals surface area contributed by atoms with E-state index in [1.807, 2.05) is 13.8 Å². The Morgan fingerprint density at radius 3 is 2.37 bits per heavy atom. The summed E-state index contributed by atoms with van der Waals surface area (Å²) in [6.07, 6.45) is 6.78. The smallest absolute Gasteiger partial charge is 0.249 e. The molecule has 3 aromatic heterocycles. The molecule has 3 N–H and O–H groups in total. The number of hydrogen-bond donors (Lipinski definition) is 2. The Bertz CT molecular complexity index is 2030. The largest absolute Gasteiger partial charge is 0.366 e. The van der Waals surface area contributed by atoms with Gasteiger partial charge in [-0.3, -0.25) is 14.5 Å². The van der Waals surface area contributed by atoms with Crippen LogP contribution in [-0.4, -0.2) is 60.9 Å². The van der Waals surface area contributed by atoms with Crippen molar-refractivity contribution < 1.29 is 22.8 Å². The van der Waals surface area contributed by atoms with E-state index in [0.29, 0.717) is 22.4 Å². The van der Waals surface area contributed by atoms with Crippen LogP contribution in [0.3, 0.4) is 0 Å². The van der Waals surface area contributed by atoms with Crippen LogP contribution in [0.25, 0.3) is 22.3 Å². The van der Waals surface area contributed by atoms with Gasteiger partial charge in [0.25, 0.3) is 0 Å². The minimum Gasteiger partial charge on any atom is -0.366 e. The first-order chi connectivity index (χ1) is 23.1. The molecule has 0 unspecified atom stereocenters. The number of imidazole rings is 1. The van der Waals surface area contributed by atoms with Crippen molar-refractivity contribution in [1.82, 2.24) is 24.4 Å². The van der Waals surface area contributed by atoms with Gasteiger partial charge < -0.3 is 20.5 Å². The number of primary amides is 1. The van der Waals surface area contributed by atoms with Crippen molar-refractivity contribution in [3.05, 3.63) is 58.9 Å². The number of carbonyl (C=O) groups is 2. The van der Waals surface area contributed by atoms with Gasteiger partial charge in [0.1, 0.15) is 5.52 Å². The van der Waals surface area contributed by atoms with Gasteiger partial charge in [0.15, 0.2) is 17.5 Å². The van der Waals surface area contributed by atoms with Gasteiger partial charge in [-0.25, -0.2) is 23.7 Å². The Balaban J connectivity index is 1.33. The minimum absolute atomic E-state index is 0.00391. The highest BCUT2D eigenvalue weighted by Gasteiger charge is 2.55. The van der Waals surface area contributed by atoms with Gasteiger partial charge in [-0.05, 0) is 98.5 Å². The zero-order chi connectivity index (χ0) is 35.2. The lowest BCUT2D eigenvalue weighted by Gasteiger charge is -2.55. The molecule has 0 bridgehead atoms. The summed E-state index contributed by atoms with van der Waals surface area (Å²) in [5, 5.41) is 2.84. The summed E-state index contributed by atoms with van der Waals surface area (Å²) in [4.78, 5) is 43.9. The summed E-state index contributed by atoms with van der Waals surface area (Å²) in [5.41, 5.74) is 5.58. The third kappa shape index (κ3) is 5.15. The molecule has 4 aromatic rings. The molecule has 7 rings (SSSR count). The van der Waals surface area contributed by atoms with Crippen molar-refractivity contribution in [2.75, 3.05) is 23.3 Å². The molecular formula is C36H41F3N8O2. The van der Waals surface area contributed by atoms with Crippen molar-refractivity contribution in [2.24, 2.45) is 5.73 Å². The first kappa shape index (κ1) is 33.0. The molecular weight excluding hydrogens is 633 g/mol. The van der Waals surface area contributed by atoms with Crippen molar-refractivity contribution in [2.45, 2.75) is 96.7 Å². The molecule has 5 heterocycles. The molecule has 1 saturated heterocycles. The summed E-state index contributed by atoms with van der Waals surface area (Å²) in [6, 6.07) is 4.20. The van der Waals surface area contributed by atoms with Crippen LogP contribution in [0.1, 0.15) is 94.4 Å². The van der Waals surface area contributed by atoms with Gasteiger partial charge >= 0.3 is 0 Å².